The number of benzene rings is 1. The van der Waals surface area contributed by atoms with Crippen LogP contribution < -0.4 is 5.32 Å². The van der Waals surface area contributed by atoms with Gasteiger partial charge in [-0.2, -0.15) is 0 Å². The van der Waals surface area contributed by atoms with Crippen LogP contribution in [0.3, 0.4) is 0 Å². The number of hydrogen-bond acceptors (Lipinski definition) is 4. The Bertz CT molecular complexity index is 382. The van der Waals surface area contributed by atoms with Crippen LogP contribution in [0.15, 0.2) is 24.3 Å². The zero-order chi connectivity index (χ0) is 13.4. The van der Waals surface area contributed by atoms with E-state index in [1.54, 1.807) is 19.2 Å². The Balaban J connectivity index is 2.77. The Labute approximate surface area is 107 Å². The molecule has 0 saturated carbocycles. The van der Waals surface area contributed by atoms with Gasteiger partial charge in [-0.25, -0.2) is 0 Å². The van der Waals surface area contributed by atoms with Crippen LogP contribution >= 0.6 is 0 Å². The topological polar surface area (TPSA) is 64.4 Å². The van der Waals surface area contributed by atoms with Gasteiger partial charge in [0.2, 0.25) is 0 Å². The van der Waals surface area contributed by atoms with E-state index in [9.17, 15) is 10.1 Å². The second kappa shape index (κ2) is 7.79. The summed E-state index contributed by atoms with van der Waals surface area (Å²) in [5.41, 5.74) is 1.10. The molecular formula is C13H20N2O3. The highest BCUT2D eigenvalue weighted by Gasteiger charge is 2.13. The first-order valence-corrected chi connectivity index (χ1v) is 6.15. The molecule has 1 aromatic rings. The highest BCUT2D eigenvalue weighted by atomic mass is 16.6. The van der Waals surface area contributed by atoms with Gasteiger partial charge in [0.1, 0.15) is 0 Å². The van der Waals surface area contributed by atoms with Crippen molar-refractivity contribution in [3.63, 3.8) is 0 Å². The van der Waals surface area contributed by atoms with Crippen molar-refractivity contribution in [1.82, 2.24) is 5.32 Å². The quantitative estimate of drug-likeness (QED) is 0.439. The Kier molecular flexibility index (Phi) is 6.32. The molecule has 0 heterocycles. The first-order chi connectivity index (χ1) is 8.69. The van der Waals surface area contributed by atoms with E-state index in [0.29, 0.717) is 6.61 Å². The van der Waals surface area contributed by atoms with Crippen molar-refractivity contribution in [2.75, 3.05) is 20.3 Å². The average molecular weight is 252 g/mol. The smallest absolute Gasteiger partial charge is 0.269 e. The number of nitrogens with one attached hydrogen (secondary N) is 1. The highest BCUT2D eigenvalue weighted by Crippen LogP contribution is 2.22. The molecule has 5 nitrogen and oxygen atoms in total. The molecule has 0 aliphatic rings. The molecule has 0 aromatic heterocycles. The highest BCUT2D eigenvalue weighted by molar-refractivity contribution is 5.35. The summed E-state index contributed by atoms with van der Waals surface area (Å²) in [7, 11) is 1.66. The summed E-state index contributed by atoms with van der Waals surface area (Å²) in [6, 6.07) is 6.95. The largest absolute Gasteiger partial charge is 0.383 e. The molecule has 0 amide bonds. The van der Waals surface area contributed by atoms with Gasteiger partial charge < -0.3 is 10.1 Å². The Hall–Kier alpha value is -1.46. The number of ether oxygens (including phenoxy) is 1. The van der Waals surface area contributed by atoms with Gasteiger partial charge in [-0.15, -0.1) is 0 Å². The second-order valence-corrected chi connectivity index (χ2v) is 4.14. The van der Waals surface area contributed by atoms with Crippen molar-refractivity contribution in [3.05, 3.63) is 39.9 Å². The predicted molar refractivity (Wildman–Crippen MR) is 70.6 cm³/mol. The summed E-state index contributed by atoms with van der Waals surface area (Å²) in [5.74, 6) is 0. The minimum Gasteiger partial charge on any atom is -0.383 e. The van der Waals surface area contributed by atoms with Gasteiger partial charge in [0, 0.05) is 31.8 Å². The molecule has 100 valence electrons. The second-order valence-electron chi connectivity index (χ2n) is 4.14. The zero-order valence-corrected chi connectivity index (χ0v) is 10.9. The predicted octanol–water partition coefficient (Wildman–Crippen LogP) is 2.67. The van der Waals surface area contributed by atoms with E-state index >= 15 is 0 Å². The number of nitro benzene ring substituents is 1. The van der Waals surface area contributed by atoms with Crippen LogP contribution in [0.2, 0.25) is 0 Å². The number of rotatable bonds is 8. The van der Waals surface area contributed by atoms with Crippen molar-refractivity contribution in [3.8, 4) is 0 Å². The van der Waals surface area contributed by atoms with E-state index in [4.69, 9.17) is 4.74 Å². The molecular weight excluding hydrogens is 232 g/mol. The minimum atomic E-state index is -0.359. The van der Waals surface area contributed by atoms with Crippen LogP contribution in [-0.4, -0.2) is 25.2 Å². The first-order valence-electron chi connectivity index (χ1n) is 6.15. The molecule has 0 radical (unpaired) electrons. The van der Waals surface area contributed by atoms with Crippen LogP contribution in [-0.2, 0) is 4.74 Å². The van der Waals surface area contributed by atoms with Gasteiger partial charge in [-0.05, 0) is 12.0 Å². The minimum absolute atomic E-state index is 0.141. The average Bonchev–Trinajstić information content (AvgIpc) is 2.38. The molecule has 18 heavy (non-hydrogen) atoms. The molecule has 1 atom stereocenters. The van der Waals surface area contributed by atoms with E-state index < -0.39 is 0 Å². The Morgan fingerprint density at radius 3 is 2.89 bits per heavy atom. The third kappa shape index (κ3) is 4.43. The van der Waals surface area contributed by atoms with Gasteiger partial charge in [-0.1, -0.05) is 25.5 Å². The summed E-state index contributed by atoms with van der Waals surface area (Å²) >= 11 is 0. The molecule has 0 aliphatic heterocycles. The van der Waals surface area contributed by atoms with Crippen molar-refractivity contribution < 1.29 is 9.66 Å². The van der Waals surface area contributed by atoms with Gasteiger partial charge in [0.15, 0.2) is 0 Å². The molecule has 0 aliphatic carbocycles. The molecule has 0 bridgehead atoms. The lowest BCUT2D eigenvalue weighted by Crippen LogP contribution is -2.25. The SMILES string of the molecule is CCCC(NCCOC)c1cccc([N+](=O)[O-])c1. The lowest BCUT2D eigenvalue weighted by Gasteiger charge is -2.18. The normalized spacial score (nSPS) is 12.3. The lowest BCUT2D eigenvalue weighted by atomic mass is 10.0. The third-order valence-corrected chi connectivity index (χ3v) is 2.76. The summed E-state index contributed by atoms with van der Waals surface area (Å²) in [6.07, 6.45) is 1.97. The van der Waals surface area contributed by atoms with Crippen LogP contribution in [0.5, 0.6) is 0 Å². The van der Waals surface area contributed by atoms with Crippen molar-refractivity contribution in [2.45, 2.75) is 25.8 Å². The van der Waals surface area contributed by atoms with E-state index in [0.717, 1.165) is 24.9 Å². The summed E-state index contributed by atoms with van der Waals surface area (Å²) in [4.78, 5) is 10.4. The van der Waals surface area contributed by atoms with Gasteiger partial charge in [0.25, 0.3) is 5.69 Å². The van der Waals surface area contributed by atoms with E-state index in [1.165, 1.54) is 6.07 Å². The van der Waals surface area contributed by atoms with Crippen LogP contribution in [0.4, 0.5) is 5.69 Å². The Morgan fingerprint density at radius 2 is 2.28 bits per heavy atom. The molecule has 1 rings (SSSR count). The fourth-order valence-electron chi connectivity index (χ4n) is 1.87. The van der Waals surface area contributed by atoms with E-state index in [-0.39, 0.29) is 16.7 Å². The maximum atomic E-state index is 10.8. The summed E-state index contributed by atoms with van der Waals surface area (Å²) in [6.45, 7) is 3.47. The van der Waals surface area contributed by atoms with Gasteiger partial charge >= 0.3 is 0 Å². The standard InChI is InChI=1S/C13H20N2O3/c1-3-5-13(14-8-9-18-2)11-6-4-7-12(10-11)15(16)17/h4,6-7,10,13-14H,3,5,8-9H2,1-2H3. The maximum absolute atomic E-state index is 10.8. The summed E-state index contributed by atoms with van der Waals surface area (Å²) in [5, 5.41) is 14.1. The molecule has 1 unspecified atom stereocenters. The fourth-order valence-corrected chi connectivity index (χ4v) is 1.87. The van der Waals surface area contributed by atoms with Crippen LogP contribution in [0, 0.1) is 10.1 Å². The van der Waals surface area contributed by atoms with E-state index in [2.05, 4.69) is 12.2 Å². The van der Waals surface area contributed by atoms with Crippen molar-refractivity contribution in [1.29, 1.82) is 0 Å². The number of non-ortho nitro benzene ring substituents is 1. The van der Waals surface area contributed by atoms with Crippen molar-refractivity contribution in [2.24, 2.45) is 0 Å². The number of nitrogens with zero attached hydrogens (tertiary/aromatic N) is 1. The van der Waals surface area contributed by atoms with Crippen LogP contribution in [0.25, 0.3) is 0 Å². The lowest BCUT2D eigenvalue weighted by molar-refractivity contribution is -0.384. The molecule has 1 aromatic carbocycles. The molecule has 0 spiro atoms. The number of nitro groups is 1. The van der Waals surface area contributed by atoms with Gasteiger partial charge in [0.05, 0.1) is 11.5 Å². The number of hydrogen-bond donors (Lipinski definition) is 1. The molecule has 1 N–H and O–H groups in total. The first kappa shape index (κ1) is 14.6. The molecule has 0 fully saturated rings. The molecule has 0 saturated heterocycles. The fraction of sp³-hybridized carbons (Fsp3) is 0.538. The van der Waals surface area contributed by atoms with Gasteiger partial charge in [-0.3, -0.25) is 10.1 Å². The Morgan fingerprint density at radius 1 is 1.50 bits per heavy atom. The van der Waals surface area contributed by atoms with E-state index in [1.807, 2.05) is 6.07 Å². The van der Waals surface area contributed by atoms with Crippen LogP contribution in [0.1, 0.15) is 31.4 Å². The number of methoxy groups -OCH3 is 1. The van der Waals surface area contributed by atoms with Crippen molar-refractivity contribution >= 4 is 5.69 Å². The molecule has 5 heteroatoms. The monoisotopic (exact) mass is 252 g/mol. The summed E-state index contributed by atoms with van der Waals surface area (Å²) < 4.78 is 5.00. The third-order valence-electron chi connectivity index (χ3n) is 2.76. The zero-order valence-electron chi connectivity index (χ0n) is 10.9. The maximum Gasteiger partial charge on any atom is 0.269 e.